The highest BCUT2D eigenvalue weighted by molar-refractivity contribution is 6.13. The molecule has 1 aliphatic rings. The molecule has 1 saturated carbocycles. The standard InChI is InChI=1S/C20H20N4O2/c1-24(13-8-15-6-11-22-12-7-15)19(26)20(9-10-20)18(25)23-17-5-3-2-4-16(17)14-21/h2-7,11-12H,8-10,13H2,1H3,(H,23,25). The second-order valence-corrected chi connectivity index (χ2v) is 6.53. The number of rotatable bonds is 6. The van der Waals surface area contributed by atoms with Gasteiger partial charge in [0.05, 0.1) is 11.3 Å². The molecule has 0 unspecified atom stereocenters. The maximum atomic E-state index is 12.8. The van der Waals surface area contributed by atoms with Gasteiger partial charge in [-0.05, 0) is 49.1 Å². The van der Waals surface area contributed by atoms with Crippen molar-refractivity contribution in [3.05, 3.63) is 59.9 Å². The van der Waals surface area contributed by atoms with Crippen LogP contribution in [0.4, 0.5) is 5.69 Å². The Morgan fingerprint density at radius 2 is 1.92 bits per heavy atom. The summed E-state index contributed by atoms with van der Waals surface area (Å²) >= 11 is 0. The van der Waals surface area contributed by atoms with Crippen molar-refractivity contribution in [1.82, 2.24) is 9.88 Å². The Labute approximate surface area is 152 Å². The highest BCUT2D eigenvalue weighted by Crippen LogP contribution is 2.48. The van der Waals surface area contributed by atoms with Crippen molar-refractivity contribution < 1.29 is 9.59 Å². The van der Waals surface area contributed by atoms with Crippen molar-refractivity contribution in [3.8, 4) is 6.07 Å². The van der Waals surface area contributed by atoms with Gasteiger partial charge >= 0.3 is 0 Å². The topological polar surface area (TPSA) is 86.1 Å². The lowest BCUT2D eigenvalue weighted by Crippen LogP contribution is -2.42. The molecule has 0 atom stereocenters. The molecular weight excluding hydrogens is 328 g/mol. The number of hydrogen-bond acceptors (Lipinski definition) is 4. The number of aromatic nitrogens is 1. The Morgan fingerprint density at radius 3 is 2.58 bits per heavy atom. The quantitative estimate of drug-likeness (QED) is 0.812. The van der Waals surface area contributed by atoms with Crippen LogP contribution in [-0.2, 0) is 16.0 Å². The van der Waals surface area contributed by atoms with Crippen molar-refractivity contribution in [2.24, 2.45) is 5.41 Å². The minimum absolute atomic E-state index is 0.168. The van der Waals surface area contributed by atoms with Gasteiger partial charge in [-0.25, -0.2) is 0 Å². The zero-order valence-electron chi connectivity index (χ0n) is 14.6. The number of para-hydroxylation sites is 1. The van der Waals surface area contributed by atoms with E-state index in [4.69, 9.17) is 5.26 Å². The number of amides is 2. The van der Waals surface area contributed by atoms with Crippen LogP contribution in [0, 0.1) is 16.7 Å². The first kappa shape index (κ1) is 17.6. The number of anilines is 1. The third-order valence-corrected chi connectivity index (χ3v) is 4.72. The van der Waals surface area contributed by atoms with Gasteiger partial charge in [-0.2, -0.15) is 5.26 Å². The minimum atomic E-state index is -1.00. The van der Waals surface area contributed by atoms with E-state index < -0.39 is 5.41 Å². The summed E-state index contributed by atoms with van der Waals surface area (Å²) in [5.41, 5.74) is 0.917. The Balaban J connectivity index is 1.64. The largest absolute Gasteiger partial charge is 0.344 e. The summed E-state index contributed by atoms with van der Waals surface area (Å²) in [5, 5.41) is 11.9. The highest BCUT2D eigenvalue weighted by atomic mass is 16.2. The van der Waals surface area contributed by atoms with Crippen molar-refractivity contribution in [1.29, 1.82) is 5.26 Å². The minimum Gasteiger partial charge on any atom is -0.344 e. The van der Waals surface area contributed by atoms with Crippen LogP contribution in [0.15, 0.2) is 48.8 Å². The molecule has 0 spiro atoms. The third-order valence-electron chi connectivity index (χ3n) is 4.72. The van der Waals surface area contributed by atoms with E-state index in [9.17, 15) is 9.59 Å². The van der Waals surface area contributed by atoms with Crippen molar-refractivity contribution >= 4 is 17.5 Å². The molecule has 6 heteroatoms. The fourth-order valence-corrected chi connectivity index (χ4v) is 2.91. The molecule has 2 amide bonds. The lowest BCUT2D eigenvalue weighted by atomic mass is 10.0. The summed E-state index contributed by atoms with van der Waals surface area (Å²) in [7, 11) is 1.72. The van der Waals surface area contributed by atoms with Crippen molar-refractivity contribution in [2.75, 3.05) is 18.9 Å². The summed E-state index contributed by atoms with van der Waals surface area (Å²) in [6.07, 6.45) is 5.22. The SMILES string of the molecule is CN(CCc1ccncc1)C(=O)C1(C(=O)Nc2ccccc2C#N)CC1. The van der Waals surface area contributed by atoms with E-state index >= 15 is 0 Å². The number of nitriles is 1. The number of nitrogens with zero attached hydrogens (tertiary/aromatic N) is 3. The zero-order valence-corrected chi connectivity index (χ0v) is 14.6. The molecule has 1 N–H and O–H groups in total. The smallest absolute Gasteiger partial charge is 0.240 e. The second kappa shape index (κ2) is 7.36. The molecule has 132 valence electrons. The van der Waals surface area contributed by atoms with E-state index in [-0.39, 0.29) is 11.8 Å². The molecule has 0 saturated heterocycles. The van der Waals surface area contributed by atoms with Gasteiger partial charge in [-0.15, -0.1) is 0 Å². The van der Waals surface area contributed by atoms with Crippen LogP contribution in [-0.4, -0.2) is 35.3 Å². The Bertz CT molecular complexity index is 854. The summed E-state index contributed by atoms with van der Waals surface area (Å²) in [4.78, 5) is 31.1. The van der Waals surface area contributed by atoms with Gasteiger partial charge in [0.15, 0.2) is 0 Å². The Hall–Kier alpha value is -3.20. The highest BCUT2D eigenvalue weighted by Gasteiger charge is 2.57. The number of pyridine rings is 1. The molecule has 2 aromatic rings. The second-order valence-electron chi connectivity index (χ2n) is 6.53. The fourth-order valence-electron chi connectivity index (χ4n) is 2.91. The van der Waals surface area contributed by atoms with E-state index in [2.05, 4.69) is 10.3 Å². The molecule has 1 aromatic heterocycles. The molecule has 0 radical (unpaired) electrons. The molecule has 6 nitrogen and oxygen atoms in total. The lowest BCUT2D eigenvalue weighted by Gasteiger charge is -2.23. The molecule has 0 aliphatic heterocycles. The average Bonchev–Trinajstić information content (AvgIpc) is 3.49. The monoisotopic (exact) mass is 348 g/mol. The predicted octanol–water partition coefficient (Wildman–Crippen LogP) is 2.37. The van der Waals surface area contributed by atoms with Crippen molar-refractivity contribution in [3.63, 3.8) is 0 Å². The molecule has 3 rings (SSSR count). The third kappa shape index (κ3) is 3.57. The lowest BCUT2D eigenvalue weighted by molar-refractivity contribution is -0.141. The number of nitrogens with one attached hydrogen (secondary N) is 1. The Morgan fingerprint density at radius 1 is 1.23 bits per heavy atom. The van der Waals surface area contributed by atoms with Crippen LogP contribution in [0.3, 0.4) is 0 Å². The molecule has 1 aromatic carbocycles. The summed E-state index contributed by atoms with van der Waals surface area (Å²) in [6, 6.07) is 12.7. The van der Waals surface area contributed by atoms with E-state index in [1.165, 1.54) is 0 Å². The van der Waals surface area contributed by atoms with Gasteiger partial charge in [-0.3, -0.25) is 14.6 Å². The number of carbonyl (C=O) groups excluding carboxylic acids is 2. The van der Waals surface area contributed by atoms with Crippen LogP contribution in [0.2, 0.25) is 0 Å². The molecule has 26 heavy (non-hydrogen) atoms. The Kier molecular flexibility index (Phi) is 4.99. The first-order valence-electron chi connectivity index (χ1n) is 8.52. The molecule has 1 aliphatic carbocycles. The summed E-state index contributed by atoms with van der Waals surface area (Å²) in [5.74, 6) is -0.501. The van der Waals surface area contributed by atoms with Gasteiger partial charge < -0.3 is 10.2 Å². The van der Waals surface area contributed by atoms with Gasteiger partial charge in [0.2, 0.25) is 11.8 Å². The van der Waals surface area contributed by atoms with Gasteiger partial charge in [0, 0.05) is 26.0 Å². The first-order chi connectivity index (χ1) is 12.6. The van der Waals surface area contributed by atoms with E-state index in [1.54, 1.807) is 48.6 Å². The van der Waals surface area contributed by atoms with E-state index in [1.807, 2.05) is 18.2 Å². The maximum Gasteiger partial charge on any atom is 0.240 e. The van der Waals surface area contributed by atoms with Crippen LogP contribution >= 0.6 is 0 Å². The van der Waals surface area contributed by atoms with Crippen LogP contribution in [0.5, 0.6) is 0 Å². The van der Waals surface area contributed by atoms with Crippen LogP contribution in [0.25, 0.3) is 0 Å². The molecule has 1 fully saturated rings. The molecule has 0 bridgehead atoms. The maximum absolute atomic E-state index is 12.8. The van der Waals surface area contributed by atoms with Crippen LogP contribution in [0.1, 0.15) is 24.0 Å². The fraction of sp³-hybridized carbons (Fsp3) is 0.300. The molecule has 1 heterocycles. The van der Waals surface area contributed by atoms with Gasteiger partial charge in [0.25, 0.3) is 0 Å². The first-order valence-corrected chi connectivity index (χ1v) is 8.52. The van der Waals surface area contributed by atoms with E-state index in [0.717, 1.165) is 5.56 Å². The number of hydrogen-bond donors (Lipinski definition) is 1. The molecular formula is C20H20N4O2. The van der Waals surface area contributed by atoms with E-state index in [0.29, 0.717) is 37.1 Å². The summed E-state index contributed by atoms with van der Waals surface area (Å²) in [6.45, 7) is 0.534. The van der Waals surface area contributed by atoms with Crippen molar-refractivity contribution in [2.45, 2.75) is 19.3 Å². The summed E-state index contributed by atoms with van der Waals surface area (Å²) < 4.78 is 0. The predicted molar refractivity (Wildman–Crippen MR) is 97.0 cm³/mol. The number of likely N-dealkylation sites (N-methyl/N-ethyl adjacent to an activating group) is 1. The van der Waals surface area contributed by atoms with Gasteiger partial charge in [0.1, 0.15) is 11.5 Å². The zero-order chi connectivity index (χ0) is 18.6. The van der Waals surface area contributed by atoms with Gasteiger partial charge in [-0.1, -0.05) is 12.1 Å². The number of benzene rings is 1. The van der Waals surface area contributed by atoms with Crippen LogP contribution < -0.4 is 5.32 Å². The normalized spacial score (nSPS) is 14.2. The number of carbonyl (C=O) groups is 2. The average molecular weight is 348 g/mol.